The summed E-state index contributed by atoms with van der Waals surface area (Å²) in [6.45, 7) is 3.04. The summed E-state index contributed by atoms with van der Waals surface area (Å²) < 4.78 is 13.6. The van der Waals surface area contributed by atoms with E-state index in [4.69, 9.17) is 5.73 Å². The number of nitrogens with one attached hydrogen (secondary N) is 1. The summed E-state index contributed by atoms with van der Waals surface area (Å²) in [4.78, 5) is 25.7. The van der Waals surface area contributed by atoms with E-state index in [1.165, 1.54) is 12.1 Å². The Kier molecular flexibility index (Phi) is 4.22. The molecule has 0 radical (unpaired) electrons. The second kappa shape index (κ2) is 5.90. The first kappa shape index (κ1) is 14.3. The Morgan fingerprint density at radius 3 is 2.60 bits per heavy atom. The molecule has 0 aromatic heterocycles. The molecule has 3 N–H and O–H groups in total. The maximum absolute atomic E-state index is 13.6. The third kappa shape index (κ3) is 3.07. The van der Waals surface area contributed by atoms with Gasteiger partial charge >= 0.3 is 0 Å². The van der Waals surface area contributed by atoms with Crippen LogP contribution in [0.4, 0.5) is 10.1 Å². The summed E-state index contributed by atoms with van der Waals surface area (Å²) in [5.41, 5.74) is 5.57. The molecule has 1 aliphatic heterocycles. The van der Waals surface area contributed by atoms with Crippen molar-refractivity contribution in [1.29, 1.82) is 0 Å². The second-order valence-electron chi connectivity index (χ2n) is 4.97. The predicted octanol–water partition coefficient (Wildman–Crippen LogP) is 1.15. The minimum atomic E-state index is -0.691. The van der Waals surface area contributed by atoms with Crippen LogP contribution in [-0.4, -0.2) is 35.8 Å². The Hall–Kier alpha value is -2.11. The van der Waals surface area contributed by atoms with Crippen molar-refractivity contribution in [2.24, 2.45) is 0 Å². The van der Waals surface area contributed by atoms with Crippen LogP contribution in [0.15, 0.2) is 18.2 Å². The molecule has 0 bridgehead atoms. The Morgan fingerprint density at radius 1 is 1.35 bits per heavy atom. The molecule has 1 unspecified atom stereocenters. The number of amides is 2. The molecule has 2 rings (SSSR count). The average Bonchev–Trinajstić information content (AvgIpc) is 2.91. The van der Waals surface area contributed by atoms with Gasteiger partial charge in [0.2, 0.25) is 5.91 Å². The van der Waals surface area contributed by atoms with Gasteiger partial charge in [0.1, 0.15) is 11.9 Å². The zero-order chi connectivity index (χ0) is 14.7. The van der Waals surface area contributed by atoms with Crippen molar-refractivity contribution in [1.82, 2.24) is 10.2 Å². The highest BCUT2D eigenvalue weighted by Crippen LogP contribution is 2.13. The van der Waals surface area contributed by atoms with E-state index in [0.29, 0.717) is 0 Å². The molecule has 1 saturated heterocycles. The lowest BCUT2D eigenvalue weighted by Gasteiger charge is -2.21. The highest BCUT2D eigenvalue weighted by molar-refractivity contribution is 5.97. The van der Waals surface area contributed by atoms with E-state index in [0.717, 1.165) is 32.0 Å². The van der Waals surface area contributed by atoms with E-state index >= 15 is 0 Å². The van der Waals surface area contributed by atoms with Crippen LogP contribution in [-0.2, 0) is 4.79 Å². The van der Waals surface area contributed by atoms with Crippen molar-refractivity contribution in [3.63, 3.8) is 0 Å². The number of hydrogen-bond donors (Lipinski definition) is 2. The molecular formula is C14H18FN3O2. The summed E-state index contributed by atoms with van der Waals surface area (Å²) in [5, 5.41) is 2.52. The Bertz CT molecular complexity index is 527. The normalized spacial score (nSPS) is 16.0. The molecule has 1 aromatic carbocycles. The van der Waals surface area contributed by atoms with E-state index in [-0.39, 0.29) is 17.2 Å². The topological polar surface area (TPSA) is 75.4 Å². The van der Waals surface area contributed by atoms with Crippen molar-refractivity contribution < 1.29 is 14.0 Å². The molecule has 1 atom stereocenters. The Labute approximate surface area is 116 Å². The standard InChI is InChI=1S/C14H18FN3O2/c1-9(14(20)18-6-2-3-7-18)17-13(19)11-5-4-10(16)8-12(11)15/h4-5,8-9H,2-3,6-7,16H2,1H3,(H,17,19). The summed E-state index contributed by atoms with van der Waals surface area (Å²) >= 11 is 0. The number of likely N-dealkylation sites (tertiary alicyclic amines) is 1. The molecule has 2 amide bonds. The molecule has 1 aliphatic rings. The smallest absolute Gasteiger partial charge is 0.254 e. The lowest BCUT2D eigenvalue weighted by molar-refractivity contribution is -0.131. The van der Waals surface area contributed by atoms with E-state index in [9.17, 15) is 14.0 Å². The number of rotatable bonds is 3. The van der Waals surface area contributed by atoms with Crippen molar-refractivity contribution in [3.8, 4) is 0 Å². The fraction of sp³-hybridized carbons (Fsp3) is 0.429. The Balaban J connectivity index is 2.01. The lowest BCUT2D eigenvalue weighted by Crippen LogP contribution is -2.46. The van der Waals surface area contributed by atoms with Crippen LogP contribution in [0.5, 0.6) is 0 Å². The first-order valence-corrected chi connectivity index (χ1v) is 6.63. The minimum absolute atomic E-state index is 0.111. The molecule has 20 heavy (non-hydrogen) atoms. The number of nitrogens with two attached hydrogens (primary N) is 1. The molecule has 108 valence electrons. The van der Waals surface area contributed by atoms with Crippen LogP contribution in [0, 0.1) is 5.82 Å². The second-order valence-corrected chi connectivity index (χ2v) is 4.97. The average molecular weight is 279 g/mol. The summed E-state index contributed by atoms with van der Waals surface area (Å²) in [5.74, 6) is -1.43. The fourth-order valence-corrected chi connectivity index (χ4v) is 2.26. The number of nitrogens with zero attached hydrogens (tertiary/aromatic N) is 1. The quantitative estimate of drug-likeness (QED) is 0.815. The molecule has 1 aromatic rings. The van der Waals surface area contributed by atoms with Gasteiger partial charge in [0.15, 0.2) is 0 Å². The molecule has 5 nitrogen and oxygen atoms in total. The van der Waals surface area contributed by atoms with Crippen molar-refractivity contribution in [2.75, 3.05) is 18.8 Å². The minimum Gasteiger partial charge on any atom is -0.399 e. The monoisotopic (exact) mass is 279 g/mol. The molecule has 0 spiro atoms. The van der Waals surface area contributed by atoms with Gasteiger partial charge in [-0.3, -0.25) is 9.59 Å². The molecule has 0 saturated carbocycles. The van der Waals surface area contributed by atoms with Crippen molar-refractivity contribution in [2.45, 2.75) is 25.8 Å². The van der Waals surface area contributed by atoms with Crippen LogP contribution in [0.3, 0.4) is 0 Å². The van der Waals surface area contributed by atoms with Crippen molar-refractivity contribution >= 4 is 17.5 Å². The zero-order valence-corrected chi connectivity index (χ0v) is 11.4. The number of anilines is 1. The fourth-order valence-electron chi connectivity index (χ4n) is 2.26. The summed E-state index contributed by atoms with van der Waals surface area (Å²) in [6.07, 6.45) is 1.97. The van der Waals surface area contributed by atoms with Crippen LogP contribution >= 0.6 is 0 Å². The maximum atomic E-state index is 13.6. The van der Waals surface area contributed by atoms with Gasteiger partial charge in [-0.05, 0) is 38.0 Å². The van der Waals surface area contributed by atoms with Crippen molar-refractivity contribution in [3.05, 3.63) is 29.6 Å². The zero-order valence-electron chi connectivity index (χ0n) is 11.4. The van der Waals surface area contributed by atoms with E-state index < -0.39 is 17.8 Å². The molecule has 1 fully saturated rings. The number of halogens is 1. The first-order chi connectivity index (χ1) is 9.49. The molecule has 6 heteroatoms. The van der Waals surface area contributed by atoms with Gasteiger partial charge in [0, 0.05) is 18.8 Å². The Morgan fingerprint density at radius 2 is 2.00 bits per heavy atom. The maximum Gasteiger partial charge on any atom is 0.254 e. The molecule has 1 heterocycles. The number of carbonyl (C=O) groups is 2. The first-order valence-electron chi connectivity index (χ1n) is 6.63. The number of hydrogen-bond acceptors (Lipinski definition) is 3. The number of carbonyl (C=O) groups excluding carboxylic acids is 2. The SMILES string of the molecule is CC(NC(=O)c1ccc(N)cc1F)C(=O)N1CCCC1. The molecular weight excluding hydrogens is 261 g/mol. The number of benzene rings is 1. The third-order valence-electron chi connectivity index (χ3n) is 3.37. The van der Waals surface area contributed by atoms with Gasteiger partial charge in [0.05, 0.1) is 5.56 Å². The van der Waals surface area contributed by atoms with Crippen LogP contribution in [0.1, 0.15) is 30.1 Å². The summed E-state index contributed by atoms with van der Waals surface area (Å²) in [7, 11) is 0. The lowest BCUT2D eigenvalue weighted by atomic mass is 10.1. The highest BCUT2D eigenvalue weighted by atomic mass is 19.1. The van der Waals surface area contributed by atoms with E-state index in [1.54, 1.807) is 11.8 Å². The van der Waals surface area contributed by atoms with Crippen LogP contribution < -0.4 is 11.1 Å². The number of nitrogen functional groups attached to an aromatic ring is 1. The third-order valence-corrected chi connectivity index (χ3v) is 3.37. The molecule has 0 aliphatic carbocycles. The van der Waals surface area contributed by atoms with Gasteiger partial charge in [-0.1, -0.05) is 0 Å². The highest BCUT2D eigenvalue weighted by Gasteiger charge is 2.25. The van der Waals surface area contributed by atoms with Crippen LogP contribution in [0.2, 0.25) is 0 Å². The van der Waals surface area contributed by atoms with Crippen LogP contribution in [0.25, 0.3) is 0 Å². The van der Waals surface area contributed by atoms with Gasteiger partial charge < -0.3 is 16.0 Å². The van der Waals surface area contributed by atoms with E-state index in [2.05, 4.69) is 5.32 Å². The van der Waals surface area contributed by atoms with Gasteiger partial charge in [0.25, 0.3) is 5.91 Å². The summed E-state index contributed by atoms with van der Waals surface area (Å²) in [6, 6.07) is 3.18. The largest absolute Gasteiger partial charge is 0.399 e. The van der Waals surface area contributed by atoms with Gasteiger partial charge in [-0.15, -0.1) is 0 Å². The van der Waals surface area contributed by atoms with Gasteiger partial charge in [-0.2, -0.15) is 0 Å². The predicted molar refractivity (Wildman–Crippen MR) is 73.6 cm³/mol. The van der Waals surface area contributed by atoms with Gasteiger partial charge in [-0.25, -0.2) is 4.39 Å². The van der Waals surface area contributed by atoms with E-state index in [1.807, 2.05) is 0 Å².